The first kappa shape index (κ1) is 22.5. The standard InChI is InChI=1S/C22H18F3N3O2S/c23-20-11-22(25)21(24)10-17(20)9-18(27)13-28-31(29,30)19-7-5-16(6-8-19)15-3-1-14(12-26)2-4-15/h1-8,10-11,18,28H,9,13,27H2/t18-/m1/s1. The zero-order valence-electron chi connectivity index (χ0n) is 16.1. The van der Waals surface area contributed by atoms with E-state index in [0.29, 0.717) is 17.7 Å². The van der Waals surface area contributed by atoms with Crippen molar-refractivity contribution >= 4 is 10.0 Å². The molecule has 9 heteroatoms. The Labute approximate surface area is 178 Å². The second-order valence-electron chi connectivity index (χ2n) is 6.89. The fourth-order valence-corrected chi connectivity index (χ4v) is 4.03. The molecular formula is C22H18F3N3O2S. The van der Waals surface area contributed by atoms with Crippen LogP contribution in [0.3, 0.4) is 0 Å². The third kappa shape index (κ3) is 5.49. The molecule has 0 fully saturated rings. The number of hydrogen-bond donors (Lipinski definition) is 2. The van der Waals surface area contributed by atoms with Gasteiger partial charge in [-0.1, -0.05) is 24.3 Å². The summed E-state index contributed by atoms with van der Waals surface area (Å²) in [5, 5.41) is 8.85. The van der Waals surface area contributed by atoms with Gasteiger partial charge in [0.15, 0.2) is 11.6 Å². The van der Waals surface area contributed by atoms with Crippen LogP contribution in [0.2, 0.25) is 0 Å². The van der Waals surface area contributed by atoms with Crippen LogP contribution in [0.5, 0.6) is 0 Å². The molecule has 31 heavy (non-hydrogen) atoms. The lowest BCUT2D eigenvalue weighted by Crippen LogP contribution is -2.38. The highest BCUT2D eigenvalue weighted by atomic mass is 32.2. The summed E-state index contributed by atoms with van der Waals surface area (Å²) in [4.78, 5) is 0.0103. The van der Waals surface area contributed by atoms with E-state index in [1.807, 2.05) is 6.07 Å². The first-order chi connectivity index (χ1) is 14.7. The van der Waals surface area contributed by atoms with E-state index in [0.717, 1.165) is 11.1 Å². The Balaban J connectivity index is 1.65. The van der Waals surface area contributed by atoms with Crippen molar-refractivity contribution in [3.05, 3.63) is 89.2 Å². The summed E-state index contributed by atoms with van der Waals surface area (Å²) in [6, 6.07) is 15.3. The molecule has 0 saturated heterocycles. The lowest BCUT2D eigenvalue weighted by atomic mass is 10.0. The summed E-state index contributed by atoms with van der Waals surface area (Å²) in [5.41, 5.74) is 7.82. The maximum atomic E-state index is 13.7. The maximum absolute atomic E-state index is 13.7. The van der Waals surface area contributed by atoms with Crippen LogP contribution in [0.15, 0.2) is 65.6 Å². The number of halogens is 3. The number of benzene rings is 3. The quantitative estimate of drug-likeness (QED) is 0.544. The Morgan fingerprint density at radius 2 is 1.45 bits per heavy atom. The molecule has 160 valence electrons. The molecule has 0 spiro atoms. The molecule has 1 atom stereocenters. The van der Waals surface area contributed by atoms with Gasteiger partial charge in [0.05, 0.1) is 16.5 Å². The van der Waals surface area contributed by atoms with Crippen molar-refractivity contribution in [2.45, 2.75) is 17.4 Å². The molecule has 5 nitrogen and oxygen atoms in total. The van der Waals surface area contributed by atoms with Gasteiger partial charge in [0.25, 0.3) is 0 Å². The van der Waals surface area contributed by atoms with E-state index in [1.165, 1.54) is 12.1 Å². The molecule has 3 N–H and O–H groups in total. The lowest BCUT2D eigenvalue weighted by Gasteiger charge is -2.14. The molecule has 0 saturated carbocycles. The summed E-state index contributed by atoms with van der Waals surface area (Å²) < 4.78 is 67.4. The van der Waals surface area contributed by atoms with E-state index >= 15 is 0 Å². The number of hydrogen-bond acceptors (Lipinski definition) is 4. The van der Waals surface area contributed by atoms with Crippen molar-refractivity contribution in [1.29, 1.82) is 5.26 Å². The summed E-state index contributed by atoms with van der Waals surface area (Å²) in [6.45, 7) is -0.224. The normalized spacial score (nSPS) is 12.4. The topological polar surface area (TPSA) is 96.0 Å². The zero-order chi connectivity index (χ0) is 22.6. The maximum Gasteiger partial charge on any atom is 0.240 e. The molecule has 0 heterocycles. The molecule has 0 aromatic heterocycles. The highest BCUT2D eigenvalue weighted by Crippen LogP contribution is 2.22. The second-order valence-corrected chi connectivity index (χ2v) is 8.65. The van der Waals surface area contributed by atoms with Crippen LogP contribution in [0.4, 0.5) is 13.2 Å². The fourth-order valence-electron chi connectivity index (χ4n) is 2.94. The monoisotopic (exact) mass is 445 g/mol. The largest absolute Gasteiger partial charge is 0.326 e. The number of nitrogens with zero attached hydrogens (tertiary/aromatic N) is 1. The molecular weight excluding hydrogens is 427 g/mol. The molecule has 0 aliphatic rings. The molecule has 0 unspecified atom stereocenters. The van der Waals surface area contributed by atoms with Crippen LogP contribution in [0.25, 0.3) is 11.1 Å². The highest BCUT2D eigenvalue weighted by molar-refractivity contribution is 7.89. The van der Waals surface area contributed by atoms with Crippen molar-refractivity contribution in [2.24, 2.45) is 5.73 Å². The number of rotatable bonds is 7. The molecule has 0 radical (unpaired) electrons. The molecule has 3 rings (SSSR count). The van der Waals surface area contributed by atoms with Crippen LogP contribution in [-0.2, 0) is 16.4 Å². The van der Waals surface area contributed by atoms with Gasteiger partial charge in [0, 0.05) is 18.7 Å². The van der Waals surface area contributed by atoms with Gasteiger partial charge in [-0.2, -0.15) is 5.26 Å². The van der Waals surface area contributed by atoms with Crippen molar-refractivity contribution in [2.75, 3.05) is 6.54 Å². The molecule has 3 aromatic rings. The van der Waals surface area contributed by atoms with E-state index in [1.54, 1.807) is 36.4 Å². The first-order valence-corrected chi connectivity index (χ1v) is 10.7. The van der Waals surface area contributed by atoms with Crippen LogP contribution in [0.1, 0.15) is 11.1 Å². The molecule has 0 aliphatic heterocycles. The zero-order valence-corrected chi connectivity index (χ0v) is 17.0. The Morgan fingerprint density at radius 1 is 0.903 bits per heavy atom. The predicted octanol–water partition coefficient (Wildman–Crippen LogP) is 3.49. The Hall–Kier alpha value is -3.19. The summed E-state index contributed by atoms with van der Waals surface area (Å²) >= 11 is 0. The van der Waals surface area contributed by atoms with Gasteiger partial charge in [-0.15, -0.1) is 0 Å². The average Bonchev–Trinajstić information content (AvgIpc) is 2.76. The van der Waals surface area contributed by atoms with Gasteiger partial charge in [0.2, 0.25) is 10.0 Å². The summed E-state index contributed by atoms with van der Waals surface area (Å²) in [6.07, 6.45) is -0.177. The first-order valence-electron chi connectivity index (χ1n) is 9.19. The van der Waals surface area contributed by atoms with Crippen molar-refractivity contribution in [3.63, 3.8) is 0 Å². The minimum Gasteiger partial charge on any atom is -0.326 e. The van der Waals surface area contributed by atoms with E-state index in [9.17, 15) is 21.6 Å². The third-order valence-electron chi connectivity index (χ3n) is 4.62. The minimum atomic E-state index is -3.88. The average molecular weight is 445 g/mol. The number of sulfonamides is 1. The molecule has 0 bridgehead atoms. The van der Waals surface area contributed by atoms with E-state index in [4.69, 9.17) is 11.0 Å². The van der Waals surface area contributed by atoms with Gasteiger partial charge in [-0.25, -0.2) is 26.3 Å². The van der Waals surface area contributed by atoms with Crippen molar-refractivity contribution < 1.29 is 21.6 Å². The van der Waals surface area contributed by atoms with Crippen LogP contribution >= 0.6 is 0 Å². The highest BCUT2D eigenvalue weighted by Gasteiger charge is 2.18. The summed E-state index contributed by atoms with van der Waals surface area (Å²) in [5.74, 6) is -3.46. The molecule has 0 aliphatic carbocycles. The molecule has 3 aromatic carbocycles. The third-order valence-corrected chi connectivity index (χ3v) is 6.06. The van der Waals surface area contributed by atoms with Gasteiger partial charge in [-0.3, -0.25) is 0 Å². The van der Waals surface area contributed by atoms with Crippen molar-refractivity contribution in [3.8, 4) is 17.2 Å². The molecule has 0 amide bonds. The van der Waals surface area contributed by atoms with Crippen LogP contribution < -0.4 is 10.5 Å². The van der Waals surface area contributed by atoms with Gasteiger partial charge in [-0.05, 0) is 53.4 Å². The minimum absolute atomic E-state index is 0.0103. The van der Waals surface area contributed by atoms with Crippen molar-refractivity contribution in [1.82, 2.24) is 4.72 Å². The van der Waals surface area contributed by atoms with Crippen LogP contribution in [0, 0.1) is 28.8 Å². The summed E-state index contributed by atoms with van der Waals surface area (Å²) in [7, 11) is -3.88. The predicted molar refractivity (Wildman–Crippen MR) is 110 cm³/mol. The number of nitrogens with two attached hydrogens (primary N) is 1. The Kier molecular flexibility index (Phi) is 6.75. The second kappa shape index (κ2) is 9.31. The number of nitriles is 1. The van der Waals surface area contributed by atoms with Crippen LogP contribution in [-0.4, -0.2) is 21.0 Å². The van der Waals surface area contributed by atoms with Gasteiger partial charge < -0.3 is 5.73 Å². The Morgan fingerprint density at radius 3 is 2.03 bits per heavy atom. The lowest BCUT2D eigenvalue weighted by molar-refractivity contribution is 0.486. The van der Waals surface area contributed by atoms with E-state index in [2.05, 4.69) is 4.72 Å². The fraction of sp³-hybridized carbons (Fsp3) is 0.136. The van der Waals surface area contributed by atoms with E-state index in [-0.39, 0.29) is 23.4 Å². The van der Waals surface area contributed by atoms with Gasteiger partial charge in [0.1, 0.15) is 5.82 Å². The Bertz CT molecular complexity index is 1220. The van der Waals surface area contributed by atoms with E-state index < -0.39 is 33.5 Å². The SMILES string of the molecule is N#Cc1ccc(-c2ccc(S(=O)(=O)NC[C@H](N)Cc3cc(F)c(F)cc3F)cc2)cc1. The smallest absolute Gasteiger partial charge is 0.240 e. The van der Waals surface area contributed by atoms with Gasteiger partial charge >= 0.3 is 0 Å². The number of nitrogens with one attached hydrogen (secondary N) is 1.